The first kappa shape index (κ1) is 13.1. The second-order valence-electron chi connectivity index (χ2n) is 4.98. The Labute approximate surface area is 109 Å². The highest BCUT2D eigenvalue weighted by atomic mass is 16.3. The van der Waals surface area contributed by atoms with Crippen LogP contribution in [0, 0.1) is 11.3 Å². The molecule has 0 spiro atoms. The second kappa shape index (κ2) is 5.99. The lowest BCUT2D eigenvalue weighted by molar-refractivity contribution is 0.0562. The van der Waals surface area contributed by atoms with Gasteiger partial charge in [0.2, 0.25) is 0 Å². The Balaban J connectivity index is 2.17. The van der Waals surface area contributed by atoms with Crippen LogP contribution in [0.5, 0.6) is 0 Å². The molecule has 3 heteroatoms. The molecule has 1 aromatic rings. The molecule has 3 atom stereocenters. The third-order valence-corrected chi connectivity index (χ3v) is 3.90. The van der Waals surface area contributed by atoms with Crippen LogP contribution in [0.15, 0.2) is 30.3 Å². The number of hydrogen-bond donors (Lipinski definition) is 1. The summed E-state index contributed by atoms with van der Waals surface area (Å²) in [5.74, 6) is 0. The highest BCUT2D eigenvalue weighted by Gasteiger charge is 2.33. The van der Waals surface area contributed by atoms with Crippen LogP contribution in [0.1, 0.15) is 37.8 Å². The van der Waals surface area contributed by atoms with E-state index in [-0.39, 0.29) is 18.2 Å². The van der Waals surface area contributed by atoms with Crippen molar-refractivity contribution in [2.75, 3.05) is 6.54 Å². The lowest BCUT2D eigenvalue weighted by Gasteiger charge is -2.34. The SMILES string of the molecule is C[C@@H](c1ccccc1)N(CC#N)[C@@H]1CCC[C@H]1O. The van der Waals surface area contributed by atoms with Crippen molar-refractivity contribution in [2.45, 2.75) is 44.4 Å². The summed E-state index contributed by atoms with van der Waals surface area (Å²) in [6.45, 7) is 2.48. The maximum absolute atomic E-state index is 10.0. The number of nitriles is 1. The molecule has 18 heavy (non-hydrogen) atoms. The quantitative estimate of drug-likeness (QED) is 0.828. The third kappa shape index (κ3) is 2.72. The summed E-state index contributed by atoms with van der Waals surface area (Å²) in [6.07, 6.45) is 2.60. The molecule has 0 aliphatic heterocycles. The fourth-order valence-electron chi connectivity index (χ4n) is 2.85. The fourth-order valence-corrected chi connectivity index (χ4v) is 2.85. The highest BCUT2D eigenvalue weighted by molar-refractivity contribution is 5.19. The highest BCUT2D eigenvalue weighted by Crippen LogP contribution is 2.30. The van der Waals surface area contributed by atoms with E-state index in [0.29, 0.717) is 6.54 Å². The molecule has 0 unspecified atom stereocenters. The smallest absolute Gasteiger partial charge is 0.0874 e. The minimum atomic E-state index is -0.287. The molecule has 1 aliphatic rings. The lowest BCUT2D eigenvalue weighted by atomic mass is 10.0. The van der Waals surface area contributed by atoms with Gasteiger partial charge in [-0.3, -0.25) is 4.90 Å². The molecule has 1 aliphatic carbocycles. The summed E-state index contributed by atoms with van der Waals surface area (Å²) in [5.41, 5.74) is 1.20. The van der Waals surface area contributed by atoms with Gasteiger partial charge in [0.05, 0.1) is 18.7 Å². The topological polar surface area (TPSA) is 47.3 Å². The number of rotatable bonds is 4. The first-order chi connectivity index (χ1) is 8.74. The lowest BCUT2D eigenvalue weighted by Crippen LogP contribution is -2.42. The van der Waals surface area contributed by atoms with E-state index in [1.807, 2.05) is 18.2 Å². The molecule has 0 bridgehead atoms. The molecule has 3 nitrogen and oxygen atoms in total. The number of hydrogen-bond acceptors (Lipinski definition) is 3. The Bertz CT molecular complexity index is 412. The van der Waals surface area contributed by atoms with Crippen LogP contribution in [0.3, 0.4) is 0 Å². The minimum Gasteiger partial charge on any atom is -0.391 e. The molecule has 0 saturated heterocycles. The molecular formula is C15H20N2O. The van der Waals surface area contributed by atoms with Crippen molar-refractivity contribution >= 4 is 0 Å². The second-order valence-corrected chi connectivity index (χ2v) is 4.98. The van der Waals surface area contributed by atoms with E-state index in [4.69, 9.17) is 5.26 Å². The van der Waals surface area contributed by atoms with Crippen LogP contribution in [-0.4, -0.2) is 28.7 Å². The number of benzene rings is 1. The van der Waals surface area contributed by atoms with Crippen molar-refractivity contribution < 1.29 is 5.11 Å². The molecule has 2 rings (SSSR count). The maximum Gasteiger partial charge on any atom is 0.0874 e. The number of aliphatic hydroxyl groups is 1. The zero-order valence-corrected chi connectivity index (χ0v) is 10.8. The van der Waals surface area contributed by atoms with Crippen molar-refractivity contribution in [1.29, 1.82) is 5.26 Å². The summed E-state index contributed by atoms with van der Waals surface area (Å²) in [7, 11) is 0. The Kier molecular flexibility index (Phi) is 4.35. The van der Waals surface area contributed by atoms with Crippen molar-refractivity contribution in [1.82, 2.24) is 4.90 Å². The van der Waals surface area contributed by atoms with Crippen molar-refractivity contribution in [3.05, 3.63) is 35.9 Å². The van der Waals surface area contributed by atoms with Crippen LogP contribution >= 0.6 is 0 Å². The van der Waals surface area contributed by atoms with E-state index in [2.05, 4.69) is 30.0 Å². The van der Waals surface area contributed by atoms with Crippen molar-refractivity contribution in [3.8, 4) is 6.07 Å². The fraction of sp³-hybridized carbons (Fsp3) is 0.533. The molecule has 1 aromatic carbocycles. The monoisotopic (exact) mass is 244 g/mol. The zero-order valence-electron chi connectivity index (χ0n) is 10.8. The average molecular weight is 244 g/mol. The number of nitrogens with zero attached hydrogens (tertiary/aromatic N) is 2. The largest absolute Gasteiger partial charge is 0.391 e. The Morgan fingerprint density at radius 2 is 2.11 bits per heavy atom. The van der Waals surface area contributed by atoms with Crippen LogP contribution < -0.4 is 0 Å². The summed E-state index contributed by atoms with van der Waals surface area (Å²) in [6, 6.07) is 12.7. The van der Waals surface area contributed by atoms with Gasteiger partial charge < -0.3 is 5.11 Å². The average Bonchev–Trinajstić information content (AvgIpc) is 2.82. The van der Waals surface area contributed by atoms with E-state index >= 15 is 0 Å². The third-order valence-electron chi connectivity index (χ3n) is 3.90. The van der Waals surface area contributed by atoms with Gasteiger partial charge in [0, 0.05) is 12.1 Å². The van der Waals surface area contributed by atoms with E-state index in [1.165, 1.54) is 5.56 Å². The predicted molar refractivity (Wildman–Crippen MR) is 70.8 cm³/mol. The van der Waals surface area contributed by atoms with E-state index in [9.17, 15) is 5.11 Å². The van der Waals surface area contributed by atoms with Gasteiger partial charge in [-0.05, 0) is 31.7 Å². The Morgan fingerprint density at radius 3 is 2.67 bits per heavy atom. The molecule has 0 radical (unpaired) electrons. The first-order valence-electron chi connectivity index (χ1n) is 6.59. The summed E-state index contributed by atoms with van der Waals surface area (Å²) < 4.78 is 0. The molecule has 1 fully saturated rings. The van der Waals surface area contributed by atoms with Gasteiger partial charge in [-0.1, -0.05) is 30.3 Å². The molecular weight excluding hydrogens is 224 g/mol. The Morgan fingerprint density at radius 1 is 1.39 bits per heavy atom. The van der Waals surface area contributed by atoms with Gasteiger partial charge in [-0.2, -0.15) is 5.26 Å². The molecule has 0 amide bonds. The molecule has 1 N–H and O–H groups in total. The molecule has 96 valence electrons. The van der Waals surface area contributed by atoms with Crippen molar-refractivity contribution in [2.24, 2.45) is 0 Å². The molecule has 1 saturated carbocycles. The normalized spacial score (nSPS) is 25.0. The summed E-state index contributed by atoms with van der Waals surface area (Å²) >= 11 is 0. The van der Waals surface area contributed by atoms with E-state index < -0.39 is 0 Å². The van der Waals surface area contributed by atoms with Crippen LogP contribution in [-0.2, 0) is 0 Å². The number of aliphatic hydroxyl groups excluding tert-OH is 1. The van der Waals surface area contributed by atoms with Gasteiger partial charge in [0.15, 0.2) is 0 Å². The van der Waals surface area contributed by atoms with Gasteiger partial charge in [-0.15, -0.1) is 0 Å². The van der Waals surface area contributed by atoms with Gasteiger partial charge in [0.25, 0.3) is 0 Å². The Hall–Kier alpha value is -1.37. The first-order valence-corrected chi connectivity index (χ1v) is 6.59. The molecule has 0 aromatic heterocycles. The maximum atomic E-state index is 10.0. The standard InChI is InChI=1S/C15H20N2O/c1-12(13-6-3-2-4-7-13)17(11-10-16)14-8-5-9-15(14)18/h2-4,6-7,12,14-15,18H,5,8-9,11H2,1H3/t12-,14+,15+/m0/s1. The van der Waals surface area contributed by atoms with Crippen molar-refractivity contribution in [3.63, 3.8) is 0 Å². The summed E-state index contributed by atoms with van der Waals surface area (Å²) in [4.78, 5) is 2.13. The predicted octanol–water partition coefficient (Wildman–Crippen LogP) is 2.49. The van der Waals surface area contributed by atoms with Gasteiger partial charge >= 0.3 is 0 Å². The molecule has 0 heterocycles. The zero-order chi connectivity index (χ0) is 13.0. The minimum absolute atomic E-state index is 0.125. The van der Waals surface area contributed by atoms with Crippen LogP contribution in [0.4, 0.5) is 0 Å². The summed E-state index contributed by atoms with van der Waals surface area (Å²) in [5, 5.41) is 19.0. The van der Waals surface area contributed by atoms with Gasteiger partial charge in [-0.25, -0.2) is 0 Å². The van der Waals surface area contributed by atoms with Crippen LogP contribution in [0.2, 0.25) is 0 Å². The van der Waals surface area contributed by atoms with Crippen LogP contribution in [0.25, 0.3) is 0 Å². The van der Waals surface area contributed by atoms with Gasteiger partial charge in [0.1, 0.15) is 0 Å². The van der Waals surface area contributed by atoms with E-state index in [1.54, 1.807) is 0 Å². The van der Waals surface area contributed by atoms with E-state index in [0.717, 1.165) is 19.3 Å².